The lowest BCUT2D eigenvalue weighted by molar-refractivity contribution is -0.154. The van der Waals surface area contributed by atoms with Crippen molar-refractivity contribution in [1.29, 1.82) is 0 Å². The number of likely N-dealkylation sites (tertiary alicyclic amines) is 1. The molecule has 2 rings (SSSR count). The topological polar surface area (TPSA) is 78.9 Å². The lowest BCUT2D eigenvalue weighted by Gasteiger charge is -2.38. The van der Waals surface area contributed by atoms with Gasteiger partial charge in [-0.3, -0.25) is 9.59 Å². The summed E-state index contributed by atoms with van der Waals surface area (Å²) in [7, 11) is 0. The number of hydrogen-bond donors (Lipinski definition) is 2. The highest BCUT2D eigenvalue weighted by Crippen LogP contribution is 2.23. The van der Waals surface area contributed by atoms with E-state index in [4.69, 9.17) is 9.84 Å². The summed E-state index contributed by atoms with van der Waals surface area (Å²) in [5.74, 6) is -1.34. The van der Waals surface area contributed by atoms with Crippen LogP contribution in [-0.2, 0) is 14.3 Å². The third kappa shape index (κ3) is 2.64. The van der Waals surface area contributed by atoms with Gasteiger partial charge in [-0.05, 0) is 13.0 Å². The van der Waals surface area contributed by atoms with Gasteiger partial charge in [0, 0.05) is 19.1 Å². The summed E-state index contributed by atoms with van der Waals surface area (Å²) in [5.41, 5.74) is 0. The van der Waals surface area contributed by atoms with Gasteiger partial charge in [0.1, 0.15) is 0 Å². The Morgan fingerprint density at radius 2 is 2.11 bits per heavy atom. The molecular formula is C12H20N2O4. The standard InChI is InChI=1S/C12H20N2O4/c1-2-3-13-10-7-18-6-9(10)11(15)14-4-8(5-14)12(16)17/h8-10,13H,2-7H2,1H3,(H,16,17). The molecule has 6 nitrogen and oxygen atoms in total. The van der Waals surface area contributed by atoms with Crippen molar-refractivity contribution in [3.63, 3.8) is 0 Å². The normalized spacial score (nSPS) is 28.2. The number of aliphatic carboxylic acids is 1. The Hall–Kier alpha value is -1.14. The number of hydrogen-bond acceptors (Lipinski definition) is 4. The van der Waals surface area contributed by atoms with Crippen molar-refractivity contribution >= 4 is 11.9 Å². The Balaban J connectivity index is 1.83. The summed E-state index contributed by atoms with van der Waals surface area (Å²) in [5, 5.41) is 12.1. The Morgan fingerprint density at radius 1 is 1.39 bits per heavy atom. The lowest BCUT2D eigenvalue weighted by atomic mass is 9.95. The molecule has 6 heteroatoms. The maximum Gasteiger partial charge on any atom is 0.310 e. The van der Waals surface area contributed by atoms with E-state index in [1.165, 1.54) is 0 Å². The van der Waals surface area contributed by atoms with Crippen LogP contribution >= 0.6 is 0 Å². The minimum absolute atomic E-state index is 0.0265. The zero-order valence-corrected chi connectivity index (χ0v) is 10.6. The van der Waals surface area contributed by atoms with E-state index in [9.17, 15) is 9.59 Å². The molecule has 0 spiro atoms. The van der Waals surface area contributed by atoms with Crippen molar-refractivity contribution in [3.8, 4) is 0 Å². The van der Waals surface area contributed by atoms with E-state index >= 15 is 0 Å². The second-order valence-electron chi connectivity index (χ2n) is 4.98. The van der Waals surface area contributed by atoms with Crippen molar-refractivity contribution in [2.24, 2.45) is 11.8 Å². The minimum Gasteiger partial charge on any atom is -0.481 e. The second kappa shape index (κ2) is 5.67. The molecule has 2 aliphatic rings. The Bertz CT molecular complexity index is 328. The van der Waals surface area contributed by atoms with Crippen LogP contribution in [0.4, 0.5) is 0 Å². The van der Waals surface area contributed by atoms with E-state index in [-0.39, 0.29) is 17.9 Å². The molecule has 102 valence electrons. The number of ether oxygens (including phenoxy) is 1. The van der Waals surface area contributed by atoms with Crippen LogP contribution in [0.1, 0.15) is 13.3 Å². The van der Waals surface area contributed by atoms with Gasteiger partial charge in [-0.2, -0.15) is 0 Å². The molecule has 2 unspecified atom stereocenters. The summed E-state index contributed by atoms with van der Waals surface area (Å²) >= 11 is 0. The minimum atomic E-state index is -0.817. The zero-order valence-electron chi connectivity index (χ0n) is 10.6. The molecule has 2 N–H and O–H groups in total. The van der Waals surface area contributed by atoms with E-state index < -0.39 is 11.9 Å². The van der Waals surface area contributed by atoms with Gasteiger partial charge in [0.2, 0.25) is 5.91 Å². The quantitative estimate of drug-likeness (QED) is 0.696. The molecule has 2 aliphatic heterocycles. The van der Waals surface area contributed by atoms with Gasteiger partial charge in [0.05, 0.1) is 25.0 Å². The van der Waals surface area contributed by atoms with Crippen LogP contribution in [0.15, 0.2) is 0 Å². The Kier molecular flexibility index (Phi) is 4.19. The molecule has 0 aromatic carbocycles. The predicted octanol–water partition coefficient (Wildman–Crippen LogP) is -0.456. The summed E-state index contributed by atoms with van der Waals surface area (Å²) < 4.78 is 5.35. The van der Waals surface area contributed by atoms with E-state index in [1.54, 1.807) is 4.90 Å². The number of carboxylic acids is 1. The monoisotopic (exact) mass is 256 g/mol. The van der Waals surface area contributed by atoms with Gasteiger partial charge in [0.25, 0.3) is 0 Å². The first-order chi connectivity index (χ1) is 8.63. The van der Waals surface area contributed by atoms with Crippen LogP contribution in [0.5, 0.6) is 0 Å². The largest absolute Gasteiger partial charge is 0.481 e. The maximum atomic E-state index is 12.2. The van der Waals surface area contributed by atoms with Crippen LogP contribution in [0.25, 0.3) is 0 Å². The van der Waals surface area contributed by atoms with Gasteiger partial charge in [0.15, 0.2) is 0 Å². The molecule has 1 amide bonds. The first kappa shape index (κ1) is 13.3. The molecule has 18 heavy (non-hydrogen) atoms. The lowest BCUT2D eigenvalue weighted by Crippen LogP contribution is -2.57. The van der Waals surface area contributed by atoms with Crippen molar-refractivity contribution < 1.29 is 19.4 Å². The second-order valence-corrected chi connectivity index (χ2v) is 4.98. The summed E-state index contributed by atoms with van der Waals surface area (Å²) in [4.78, 5) is 24.5. The Morgan fingerprint density at radius 3 is 2.72 bits per heavy atom. The van der Waals surface area contributed by atoms with Crippen molar-refractivity contribution in [3.05, 3.63) is 0 Å². The van der Waals surface area contributed by atoms with Gasteiger partial charge in [-0.15, -0.1) is 0 Å². The maximum absolute atomic E-state index is 12.2. The number of amides is 1. The highest BCUT2D eigenvalue weighted by molar-refractivity contribution is 5.83. The third-order valence-electron chi connectivity index (χ3n) is 3.60. The van der Waals surface area contributed by atoms with Gasteiger partial charge in [-0.25, -0.2) is 0 Å². The first-order valence-electron chi connectivity index (χ1n) is 6.46. The predicted molar refractivity (Wildman–Crippen MR) is 64.1 cm³/mol. The van der Waals surface area contributed by atoms with Crippen molar-refractivity contribution in [2.45, 2.75) is 19.4 Å². The van der Waals surface area contributed by atoms with Crippen LogP contribution in [0.2, 0.25) is 0 Å². The smallest absolute Gasteiger partial charge is 0.310 e. The van der Waals surface area contributed by atoms with E-state index in [0.29, 0.717) is 26.3 Å². The highest BCUT2D eigenvalue weighted by Gasteiger charge is 2.42. The molecule has 0 bridgehead atoms. The van der Waals surface area contributed by atoms with E-state index in [1.807, 2.05) is 0 Å². The fourth-order valence-corrected chi connectivity index (χ4v) is 2.38. The zero-order chi connectivity index (χ0) is 13.1. The number of rotatable bonds is 5. The summed E-state index contributed by atoms with van der Waals surface area (Å²) in [6.07, 6.45) is 1.02. The molecule has 0 aromatic rings. The highest BCUT2D eigenvalue weighted by atomic mass is 16.5. The van der Waals surface area contributed by atoms with Crippen molar-refractivity contribution in [2.75, 3.05) is 32.8 Å². The molecule has 2 fully saturated rings. The molecular weight excluding hydrogens is 236 g/mol. The van der Waals surface area contributed by atoms with Crippen LogP contribution in [-0.4, -0.2) is 60.8 Å². The van der Waals surface area contributed by atoms with Crippen LogP contribution in [0, 0.1) is 11.8 Å². The molecule has 0 radical (unpaired) electrons. The third-order valence-corrected chi connectivity index (χ3v) is 3.60. The summed E-state index contributed by atoms with van der Waals surface area (Å²) in [6, 6.07) is 0.0707. The fourth-order valence-electron chi connectivity index (χ4n) is 2.38. The van der Waals surface area contributed by atoms with Crippen molar-refractivity contribution in [1.82, 2.24) is 10.2 Å². The molecule has 0 aliphatic carbocycles. The Labute approximate surface area is 106 Å². The molecule has 2 saturated heterocycles. The number of nitrogens with zero attached hydrogens (tertiary/aromatic N) is 1. The van der Waals surface area contributed by atoms with Crippen LogP contribution < -0.4 is 5.32 Å². The molecule has 0 aromatic heterocycles. The number of carbonyl (C=O) groups is 2. The van der Waals surface area contributed by atoms with Gasteiger partial charge in [-0.1, -0.05) is 6.92 Å². The number of nitrogens with one attached hydrogen (secondary N) is 1. The number of carboxylic acid groups (broad SMARTS) is 1. The average molecular weight is 256 g/mol. The first-order valence-corrected chi connectivity index (χ1v) is 6.46. The SMILES string of the molecule is CCCNC1COCC1C(=O)N1CC(C(=O)O)C1. The van der Waals surface area contributed by atoms with Crippen LogP contribution in [0.3, 0.4) is 0 Å². The molecule has 2 heterocycles. The van der Waals surface area contributed by atoms with E-state index in [0.717, 1.165) is 13.0 Å². The van der Waals surface area contributed by atoms with E-state index in [2.05, 4.69) is 12.2 Å². The van der Waals surface area contributed by atoms with Gasteiger partial charge < -0.3 is 20.1 Å². The van der Waals surface area contributed by atoms with Gasteiger partial charge >= 0.3 is 5.97 Å². The average Bonchev–Trinajstić information content (AvgIpc) is 2.71. The summed E-state index contributed by atoms with van der Waals surface area (Å²) in [6.45, 7) is 4.62. The fraction of sp³-hybridized carbons (Fsp3) is 0.833. The molecule has 2 atom stereocenters. The molecule has 0 saturated carbocycles. The number of carbonyl (C=O) groups excluding carboxylic acids is 1.